The highest BCUT2D eigenvalue weighted by atomic mass is 19.3. The summed E-state index contributed by atoms with van der Waals surface area (Å²) in [5, 5.41) is 23.6. The number of nitrogens with zero attached hydrogens (tertiary/aromatic N) is 2. The van der Waals surface area contributed by atoms with Gasteiger partial charge in [0.25, 0.3) is 6.43 Å². The molecule has 2 N–H and O–H groups in total. The van der Waals surface area contributed by atoms with Crippen molar-refractivity contribution >= 4 is 0 Å². The smallest absolute Gasteiger partial charge is 0.282 e. The molecule has 0 aliphatic heterocycles. The maximum atomic E-state index is 13.1. The summed E-state index contributed by atoms with van der Waals surface area (Å²) in [6.07, 6.45) is -0.951. The van der Waals surface area contributed by atoms with Crippen LogP contribution in [0.15, 0.2) is 6.20 Å². The van der Waals surface area contributed by atoms with Crippen molar-refractivity contribution in [2.75, 3.05) is 6.61 Å². The van der Waals surface area contributed by atoms with Crippen LogP contribution in [0.1, 0.15) is 51.3 Å². The molecule has 0 fully saturated rings. The maximum absolute atomic E-state index is 13.1. The Labute approximate surface area is 112 Å². The van der Waals surface area contributed by atoms with Crippen molar-refractivity contribution in [2.45, 2.75) is 58.1 Å². The minimum absolute atomic E-state index is 0.229. The summed E-state index contributed by atoms with van der Waals surface area (Å²) in [7, 11) is 0. The van der Waals surface area contributed by atoms with Crippen molar-refractivity contribution in [3.63, 3.8) is 0 Å². The molecule has 0 aliphatic carbocycles. The molecular formula is C13H22F2N2O2. The number of alkyl halides is 2. The maximum Gasteiger partial charge on any atom is 0.282 e. The number of hydrogen-bond acceptors (Lipinski definition) is 3. The molecule has 110 valence electrons. The van der Waals surface area contributed by atoms with Gasteiger partial charge in [-0.05, 0) is 13.3 Å². The summed E-state index contributed by atoms with van der Waals surface area (Å²) in [6, 6.07) is 0. The van der Waals surface area contributed by atoms with E-state index in [1.165, 1.54) is 10.9 Å². The van der Waals surface area contributed by atoms with E-state index >= 15 is 0 Å². The molecule has 0 bridgehead atoms. The summed E-state index contributed by atoms with van der Waals surface area (Å²) in [5.74, 6) is 0. The van der Waals surface area contributed by atoms with E-state index in [1.807, 2.05) is 6.92 Å². The molecule has 0 spiro atoms. The number of aliphatic hydroxyl groups is 2. The number of rotatable bonds is 7. The molecule has 0 saturated heterocycles. The first-order chi connectivity index (χ1) is 8.90. The van der Waals surface area contributed by atoms with E-state index in [4.69, 9.17) is 0 Å². The zero-order valence-electron chi connectivity index (χ0n) is 11.6. The van der Waals surface area contributed by atoms with Gasteiger partial charge in [-0.3, -0.25) is 4.68 Å². The van der Waals surface area contributed by atoms with Gasteiger partial charge in [-0.15, -0.1) is 0 Å². The Morgan fingerprint density at radius 3 is 2.47 bits per heavy atom. The van der Waals surface area contributed by atoms with E-state index in [-0.39, 0.29) is 11.3 Å². The third-order valence-corrected chi connectivity index (χ3v) is 3.56. The van der Waals surface area contributed by atoms with E-state index < -0.39 is 24.6 Å². The Balaban J connectivity index is 3.26. The van der Waals surface area contributed by atoms with E-state index in [2.05, 4.69) is 5.10 Å². The Morgan fingerprint density at radius 1 is 1.42 bits per heavy atom. The molecule has 19 heavy (non-hydrogen) atoms. The lowest BCUT2D eigenvalue weighted by atomic mass is 9.76. The van der Waals surface area contributed by atoms with Gasteiger partial charge >= 0.3 is 0 Å². The monoisotopic (exact) mass is 276 g/mol. The van der Waals surface area contributed by atoms with E-state index in [0.717, 1.165) is 0 Å². The number of halogens is 2. The first-order valence-electron chi connectivity index (χ1n) is 6.55. The predicted octanol–water partition coefficient (Wildman–Crippen LogP) is 2.25. The molecule has 2 atom stereocenters. The second-order valence-electron chi connectivity index (χ2n) is 4.96. The summed E-state index contributed by atoms with van der Waals surface area (Å²) in [6.45, 7) is 5.35. The van der Waals surface area contributed by atoms with E-state index in [1.54, 1.807) is 13.8 Å². The molecule has 0 aliphatic rings. The molecule has 4 nitrogen and oxygen atoms in total. The fraction of sp³-hybridized carbons (Fsp3) is 0.769. The van der Waals surface area contributed by atoms with Gasteiger partial charge in [0, 0.05) is 23.7 Å². The van der Waals surface area contributed by atoms with Gasteiger partial charge < -0.3 is 10.2 Å². The molecule has 2 unspecified atom stereocenters. The Kier molecular flexibility index (Phi) is 5.43. The molecule has 1 rings (SSSR count). The first kappa shape index (κ1) is 16.0. The topological polar surface area (TPSA) is 58.3 Å². The highest BCUT2D eigenvalue weighted by Crippen LogP contribution is 2.35. The average Bonchev–Trinajstić information content (AvgIpc) is 2.82. The summed E-state index contributed by atoms with van der Waals surface area (Å²) >= 11 is 0. The first-order valence-corrected chi connectivity index (χ1v) is 6.55. The lowest BCUT2D eigenvalue weighted by Crippen LogP contribution is -2.40. The second-order valence-corrected chi connectivity index (χ2v) is 4.96. The van der Waals surface area contributed by atoms with Gasteiger partial charge in [0.2, 0.25) is 0 Å². The van der Waals surface area contributed by atoms with Crippen LogP contribution in [0.5, 0.6) is 0 Å². The number of aromatic nitrogens is 2. The SMILES string of the molecule is CCCC(O)C(C)(CO)c1cn(CC)nc1C(F)F. The van der Waals surface area contributed by atoms with Crippen molar-refractivity contribution in [3.8, 4) is 0 Å². The highest BCUT2D eigenvalue weighted by Gasteiger charge is 2.39. The van der Waals surface area contributed by atoms with Crippen molar-refractivity contribution in [1.82, 2.24) is 9.78 Å². The van der Waals surface area contributed by atoms with Gasteiger partial charge in [0.05, 0.1) is 12.7 Å². The largest absolute Gasteiger partial charge is 0.395 e. The molecule has 0 radical (unpaired) electrons. The third-order valence-electron chi connectivity index (χ3n) is 3.56. The van der Waals surface area contributed by atoms with E-state index in [9.17, 15) is 19.0 Å². The fourth-order valence-corrected chi connectivity index (χ4v) is 2.16. The van der Waals surface area contributed by atoms with Gasteiger partial charge in [-0.1, -0.05) is 20.3 Å². The minimum Gasteiger partial charge on any atom is -0.395 e. The van der Waals surface area contributed by atoms with Crippen LogP contribution in [-0.4, -0.2) is 32.7 Å². The van der Waals surface area contributed by atoms with Gasteiger partial charge in [0.1, 0.15) is 5.69 Å². The zero-order valence-corrected chi connectivity index (χ0v) is 11.6. The highest BCUT2D eigenvalue weighted by molar-refractivity contribution is 5.30. The number of hydrogen-bond donors (Lipinski definition) is 2. The van der Waals surface area contributed by atoms with Gasteiger partial charge in [-0.25, -0.2) is 8.78 Å². The molecule has 0 amide bonds. The van der Waals surface area contributed by atoms with Crippen LogP contribution in [0.4, 0.5) is 8.78 Å². The molecule has 1 aromatic heterocycles. The Bertz CT molecular complexity index is 409. The standard InChI is InChI=1S/C13H22F2N2O2/c1-4-6-10(19)13(3,8-18)9-7-17(5-2)16-11(9)12(14)15/h7,10,12,18-19H,4-6,8H2,1-3H3. The normalized spacial score (nSPS) is 16.6. The third kappa shape index (κ3) is 3.12. The van der Waals surface area contributed by atoms with Crippen LogP contribution in [0, 0.1) is 0 Å². The number of aliphatic hydroxyl groups excluding tert-OH is 2. The summed E-state index contributed by atoms with van der Waals surface area (Å²) in [5.41, 5.74) is -1.24. The molecule has 0 aromatic carbocycles. The fourth-order valence-electron chi connectivity index (χ4n) is 2.16. The summed E-state index contributed by atoms with van der Waals surface area (Å²) < 4.78 is 27.5. The average molecular weight is 276 g/mol. The minimum atomic E-state index is -2.72. The molecule has 0 saturated carbocycles. The Morgan fingerprint density at radius 2 is 2.05 bits per heavy atom. The molecule has 1 heterocycles. The Hall–Kier alpha value is -1.01. The van der Waals surface area contributed by atoms with Crippen LogP contribution in [0.3, 0.4) is 0 Å². The predicted molar refractivity (Wildman–Crippen MR) is 68.2 cm³/mol. The number of aryl methyl sites for hydroxylation is 1. The van der Waals surface area contributed by atoms with Crippen molar-refractivity contribution in [3.05, 3.63) is 17.5 Å². The van der Waals surface area contributed by atoms with Gasteiger partial charge in [0.15, 0.2) is 0 Å². The lowest BCUT2D eigenvalue weighted by molar-refractivity contribution is 0.0389. The van der Waals surface area contributed by atoms with Crippen molar-refractivity contribution in [1.29, 1.82) is 0 Å². The van der Waals surface area contributed by atoms with Crippen LogP contribution < -0.4 is 0 Å². The van der Waals surface area contributed by atoms with E-state index in [0.29, 0.717) is 19.4 Å². The quantitative estimate of drug-likeness (QED) is 0.803. The zero-order chi connectivity index (χ0) is 14.6. The van der Waals surface area contributed by atoms with Gasteiger partial charge in [-0.2, -0.15) is 5.10 Å². The molecule has 1 aromatic rings. The lowest BCUT2D eigenvalue weighted by Gasteiger charge is -2.32. The second kappa shape index (κ2) is 6.43. The summed E-state index contributed by atoms with van der Waals surface area (Å²) in [4.78, 5) is 0. The van der Waals surface area contributed by atoms with Crippen molar-refractivity contribution < 1.29 is 19.0 Å². The van der Waals surface area contributed by atoms with Crippen LogP contribution >= 0.6 is 0 Å². The van der Waals surface area contributed by atoms with Crippen molar-refractivity contribution in [2.24, 2.45) is 0 Å². The molecular weight excluding hydrogens is 254 g/mol. The van der Waals surface area contributed by atoms with Crippen LogP contribution in [0.2, 0.25) is 0 Å². The van der Waals surface area contributed by atoms with Crippen LogP contribution in [0.25, 0.3) is 0 Å². The molecule has 6 heteroatoms. The van der Waals surface area contributed by atoms with Crippen LogP contribution in [-0.2, 0) is 12.0 Å².